The van der Waals surface area contributed by atoms with Crippen molar-refractivity contribution in [3.05, 3.63) is 47.7 Å². The highest BCUT2D eigenvalue weighted by Gasteiger charge is 2.38. The molecule has 1 amide bonds. The fraction of sp³-hybridized carbons (Fsp3) is 0.333. The molecule has 0 aromatic heterocycles. The van der Waals surface area contributed by atoms with Gasteiger partial charge >= 0.3 is 5.97 Å². The van der Waals surface area contributed by atoms with Crippen molar-refractivity contribution < 1.29 is 23.9 Å². The standard InChI is InChI=1S/C15H17NO5/c1-15(2)20-12(14(18)21-15)9-13(17)16(19-3)10-11-7-5-4-6-8-11/h4-9H,10H2,1-3H3/b12-9-. The van der Waals surface area contributed by atoms with E-state index in [1.165, 1.54) is 7.11 Å². The molecule has 0 radical (unpaired) electrons. The topological polar surface area (TPSA) is 65.1 Å². The van der Waals surface area contributed by atoms with Crippen molar-refractivity contribution in [3.8, 4) is 0 Å². The number of ether oxygens (including phenoxy) is 2. The molecule has 1 heterocycles. The molecule has 112 valence electrons. The third-order valence-electron chi connectivity index (χ3n) is 2.79. The van der Waals surface area contributed by atoms with E-state index in [2.05, 4.69) is 0 Å². The fourth-order valence-corrected chi connectivity index (χ4v) is 1.86. The second-order valence-corrected chi connectivity index (χ2v) is 4.94. The van der Waals surface area contributed by atoms with Gasteiger partial charge in [-0.25, -0.2) is 9.86 Å². The van der Waals surface area contributed by atoms with Crippen LogP contribution in [0.1, 0.15) is 19.4 Å². The van der Waals surface area contributed by atoms with Crippen molar-refractivity contribution in [1.82, 2.24) is 5.06 Å². The highest BCUT2D eigenvalue weighted by molar-refractivity contribution is 5.97. The van der Waals surface area contributed by atoms with E-state index in [0.717, 1.165) is 16.7 Å². The van der Waals surface area contributed by atoms with E-state index in [0.29, 0.717) is 0 Å². The van der Waals surface area contributed by atoms with Gasteiger partial charge in [-0.3, -0.25) is 9.63 Å². The monoisotopic (exact) mass is 291 g/mol. The number of esters is 1. The highest BCUT2D eigenvalue weighted by Crippen LogP contribution is 2.26. The summed E-state index contributed by atoms with van der Waals surface area (Å²) in [6.45, 7) is 3.45. The molecule has 2 rings (SSSR count). The van der Waals surface area contributed by atoms with E-state index in [1.54, 1.807) is 13.8 Å². The minimum absolute atomic E-state index is 0.125. The Kier molecular flexibility index (Phi) is 4.28. The van der Waals surface area contributed by atoms with Crippen LogP contribution in [0.2, 0.25) is 0 Å². The van der Waals surface area contributed by atoms with Crippen molar-refractivity contribution in [2.75, 3.05) is 7.11 Å². The van der Waals surface area contributed by atoms with Crippen LogP contribution < -0.4 is 0 Å². The van der Waals surface area contributed by atoms with E-state index >= 15 is 0 Å². The number of benzene rings is 1. The summed E-state index contributed by atoms with van der Waals surface area (Å²) in [5.74, 6) is -2.34. The number of hydroxylamine groups is 2. The molecule has 6 nitrogen and oxygen atoms in total. The van der Waals surface area contributed by atoms with E-state index in [4.69, 9.17) is 14.3 Å². The molecule has 0 N–H and O–H groups in total. The lowest BCUT2D eigenvalue weighted by atomic mass is 10.2. The zero-order chi connectivity index (χ0) is 15.5. The smallest absolute Gasteiger partial charge is 0.377 e. The quantitative estimate of drug-likeness (QED) is 0.480. The van der Waals surface area contributed by atoms with Crippen LogP contribution in [0.3, 0.4) is 0 Å². The molecule has 0 unspecified atom stereocenters. The lowest BCUT2D eigenvalue weighted by molar-refractivity contribution is -0.173. The first-order valence-corrected chi connectivity index (χ1v) is 6.45. The Bertz CT molecular complexity index is 565. The van der Waals surface area contributed by atoms with Gasteiger partial charge in [-0.15, -0.1) is 0 Å². The summed E-state index contributed by atoms with van der Waals surface area (Å²) in [7, 11) is 1.39. The Morgan fingerprint density at radius 3 is 2.48 bits per heavy atom. The van der Waals surface area contributed by atoms with E-state index in [-0.39, 0.29) is 12.3 Å². The van der Waals surface area contributed by atoms with Gasteiger partial charge in [0.25, 0.3) is 5.91 Å². The zero-order valence-electron chi connectivity index (χ0n) is 12.2. The molecule has 0 bridgehead atoms. The van der Waals surface area contributed by atoms with Crippen LogP contribution in [0, 0.1) is 0 Å². The molecular formula is C15H17NO5. The fourth-order valence-electron chi connectivity index (χ4n) is 1.86. The summed E-state index contributed by atoms with van der Waals surface area (Å²) in [5.41, 5.74) is 0.904. The number of carbonyl (C=O) groups is 2. The Balaban J connectivity index is 2.09. The summed E-state index contributed by atoms with van der Waals surface area (Å²) in [6, 6.07) is 9.36. The number of hydrogen-bond donors (Lipinski definition) is 0. The number of rotatable bonds is 4. The van der Waals surface area contributed by atoms with Crippen molar-refractivity contribution in [3.63, 3.8) is 0 Å². The van der Waals surface area contributed by atoms with Crippen molar-refractivity contribution in [2.45, 2.75) is 26.2 Å². The lowest BCUT2D eigenvalue weighted by Crippen LogP contribution is -2.28. The average Bonchev–Trinajstić information content (AvgIpc) is 2.69. The third kappa shape index (κ3) is 3.82. The first-order chi connectivity index (χ1) is 9.91. The summed E-state index contributed by atoms with van der Waals surface area (Å²) >= 11 is 0. The van der Waals surface area contributed by atoms with Crippen LogP contribution >= 0.6 is 0 Å². The largest absolute Gasteiger partial charge is 0.445 e. The van der Waals surface area contributed by atoms with Gasteiger partial charge < -0.3 is 9.47 Å². The van der Waals surface area contributed by atoms with Gasteiger partial charge in [0.2, 0.25) is 11.5 Å². The zero-order valence-corrected chi connectivity index (χ0v) is 12.2. The summed E-state index contributed by atoms with van der Waals surface area (Å²) in [5, 5.41) is 1.13. The first kappa shape index (κ1) is 15.1. The van der Waals surface area contributed by atoms with Crippen LogP contribution in [-0.2, 0) is 30.4 Å². The summed E-state index contributed by atoms with van der Waals surface area (Å²) < 4.78 is 10.2. The van der Waals surface area contributed by atoms with Crippen LogP contribution in [0.15, 0.2) is 42.2 Å². The number of carbonyl (C=O) groups excluding carboxylic acids is 2. The third-order valence-corrected chi connectivity index (χ3v) is 2.79. The molecule has 0 aliphatic carbocycles. The van der Waals surface area contributed by atoms with E-state index in [1.807, 2.05) is 30.3 Å². The number of nitrogens with zero attached hydrogens (tertiary/aromatic N) is 1. The normalized spacial score (nSPS) is 18.2. The number of cyclic esters (lactones) is 1. The van der Waals surface area contributed by atoms with Crippen LogP contribution in [-0.4, -0.2) is 29.8 Å². The first-order valence-electron chi connectivity index (χ1n) is 6.45. The molecule has 1 saturated heterocycles. The van der Waals surface area contributed by atoms with Gasteiger partial charge in [0, 0.05) is 13.8 Å². The Morgan fingerprint density at radius 2 is 1.95 bits per heavy atom. The highest BCUT2D eigenvalue weighted by atomic mass is 16.8. The second-order valence-electron chi connectivity index (χ2n) is 4.94. The molecule has 1 aromatic carbocycles. The molecule has 1 fully saturated rings. The summed E-state index contributed by atoms with van der Waals surface area (Å²) in [4.78, 5) is 28.7. The Morgan fingerprint density at radius 1 is 1.29 bits per heavy atom. The van der Waals surface area contributed by atoms with E-state index < -0.39 is 17.7 Å². The number of amides is 1. The maximum atomic E-state index is 12.1. The molecule has 1 aromatic rings. The maximum Gasteiger partial charge on any atom is 0.377 e. The van der Waals surface area contributed by atoms with Gasteiger partial charge in [-0.05, 0) is 5.56 Å². The van der Waals surface area contributed by atoms with Gasteiger partial charge in [-0.1, -0.05) is 30.3 Å². The molecule has 0 spiro atoms. The van der Waals surface area contributed by atoms with E-state index in [9.17, 15) is 9.59 Å². The molecule has 6 heteroatoms. The van der Waals surface area contributed by atoms with Crippen molar-refractivity contribution in [2.24, 2.45) is 0 Å². The van der Waals surface area contributed by atoms with Gasteiger partial charge in [-0.2, -0.15) is 0 Å². The molecule has 21 heavy (non-hydrogen) atoms. The minimum atomic E-state index is -1.06. The lowest BCUT2D eigenvalue weighted by Gasteiger charge is -2.18. The number of hydrogen-bond acceptors (Lipinski definition) is 5. The van der Waals surface area contributed by atoms with Crippen LogP contribution in [0.25, 0.3) is 0 Å². The van der Waals surface area contributed by atoms with Crippen molar-refractivity contribution in [1.29, 1.82) is 0 Å². The van der Waals surface area contributed by atoms with Gasteiger partial charge in [0.15, 0.2) is 0 Å². The minimum Gasteiger partial charge on any atom is -0.445 e. The Hall–Kier alpha value is -2.34. The van der Waals surface area contributed by atoms with Crippen LogP contribution in [0.5, 0.6) is 0 Å². The van der Waals surface area contributed by atoms with Crippen LogP contribution in [0.4, 0.5) is 0 Å². The molecular weight excluding hydrogens is 274 g/mol. The predicted octanol–water partition coefficient (Wildman–Crippen LogP) is 1.77. The molecule has 1 aliphatic heterocycles. The van der Waals surface area contributed by atoms with Crippen molar-refractivity contribution >= 4 is 11.9 Å². The van der Waals surface area contributed by atoms with Gasteiger partial charge in [0.05, 0.1) is 19.7 Å². The maximum absolute atomic E-state index is 12.1. The average molecular weight is 291 g/mol. The Labute approximate surface area is 122 Å². The van der Waals surface area contributed by atoms with Gasteiger partial charge in [0.1, 0.15) is 0 Å². The predicted molar refractivity (Wildman–Crippen MR) is 73.3 cm³/mol. The molecule has 1 aliphatic rings. The second kappa shape index (κ2) is 5.97. The summed E-state index contributed by atoms with van der Waals surface area (Å²) in [6.07, 6.45) is 1.07. The molecule has 0 saturated carbocycles. The SMILES string of the molecule is CON(Cc1ccccc1)C(=O)/C=C1\OC(C)(C)OC1=O. The molecule has 0 atom stereocenters.